The van der Waals surface area contributed by atoms with Crippen molar-refractivity contribution in [3.63, 3.8) is 0 Å². The molecule has 0 heterocycles. The van der Waals surface area contributed by atoms with E-state index in [4.69, 9.17) is 11.6 Å². The second-order valence-corrected chi connectivity index (χ2v) is 3.74. The summed E-state index contributed by atoms with van der Waals surface area (Å²) in [4.78, 5) is 0. The Hall–Kier alpha value is -0.210. The first kappa shape index (κ1) is 10.9. The van der Waals surface area contributed by atoms with Gasteiger partial charge in [-0.3, -0.25) is 0 Å². The van der Waals surface area contributed by atoms with Gasteiger partial charge in [-0.05, 0) is 37.1 Å². The predicted octanol–water partition coefficient (Wildman–Crippen LogP) is 3.73. The number of hydrogen-bond donors (Lipinski definition) is 1. The van der Waals surface area contributed by atoms with Gasteiger partial charge in [0.25, 0.3) is 0 Å². The minimum Gasteiger partial charge on any atom is -0.207 e. The number of thiol groups is 1. The number of halogens is 2. The van der Waals surface area contributed by atoms with Crippen LogP contribution in [0.3, 0.4) is 0 Å². The Morgan fingerprint density at radius 3 is 2.69 bits per heavy atom. The Bertz CT molecular complexity index is 255. The van der Waals surface area contributed by atoms with Crippen LogP contribution in [-0.4, -0.2) is 5.75 Å². The molecule has 0 aliphatic heterocycles. The molecular formula is C10H12ClFS. The van der Waals surface area contributed by atoms with E-state index in [9.17, 15) is 4.39 Å². The second-order valence-electron chi connectivity index (χ2n) is 2.88. The van der Waals surface area contributed by atoms with E-state index in [2.05, 4.69) is 12.6 Å². The van der Waals surface area contributed by atoms with Crippen molar-refractivity contribution in [1.82, 2.24) is 0 Å². The Morgan fingerprint density at radius 2 is 2.08 bits per heavy atom. The first-order valence-corrected chi connectivity index (χ1v) is 5.30. The highest BCUT2D eigenvalue weighted by Gasteiger charge is 2.05. The quantitative estimate of drug-likeness (QED) is 0.578. The van der Waals surface area contributed by atoms with Crippen molar-refractivity contribution in [2.24, 2.45) is 0 Å². The topological polar surface area (TPSA) is 0 Å². The molecule has 0 radical (unpaired) electrons. The summed E-state index contributed by atoms with van der Waals surface area (Å²) >= 11 is 9.94. The lowest BCUT2D eigenvalue weighted by Gasteiger charge is -2.04. The van der Waals surface area contributed by atoms with E-state index in [0.29, 0.717) is 17.0 Å². The van der Waals surface area contributed by atoms with E-state index in [1.165, 1.54) is 6.07 Å². The molecule has 0 aliphatic rings. The highest BCUT2D eigenvalue weighted by Crippen LogP contribution is 2.20. The molecule has 0 fully saturated rings. The van der Waals surface area contributed by atoms with E-state index in [1.54, 1.807) is 12.1 Å². The lowest BCUT2D eigenvalue weighted by molar-refractivity contribution is 0.603. The first-order valence-electron chi connectivity index (χ1n) is 4.29. The molecule has 0 N–H and O–H groups in total. The van der Waals surface area contributed by atoms with Gasteiger partial charge in [0.2, 0.25) is 0 Å². The van der Waals surface area contributed by atoms with E-state index in [1.807, 2.05) is 0 Å². The highest BCUT2D eigenvalue weighted by atomic mass is 35.5. The van der Waals surface area contributed by atoms with Gasteiger partial charge in [-0.2, -0.15) is 12.6 Å². The van der Waals surface area contributed by atoms with Gasteiger partial charge >= 0.3 is 0 Å². The Morgan fingerprint density at radius 1 is 1.31 bits per heavy atom. The lowest BCUT2D eigenvalue weighted by Crippen LogP contribution is -1.92. The van der Waals surface area contributed by atoms with Crippen LogP contribution >= 0.6 is 24.2 Å². The normalized spacial score (nSPS) is 10.4. The molecule has 0 aromatic heterocycles. The van der Waals surface area contributed by atoms with Crippen molar-refractivity contribution in [2.75, 3.05) is 5.75 Å². The summed E-state index contributed by atoms with van der Waals surface area (Å²) in [6.45, 7) is 0. The van der Waals surface area contributed by atoms with Gasteiger partial charge in [-0.15, -0.1) is 0 Å². The minimum absolute atomic E-state index is 0.202. The molecule has 0 spiro atoms. The molecule has 72 valence electrons. The molecule has 0 bridgehead atoms. The molecule has 0 unspecified atom stereocenters. The Kier molecular flexibility index (Phi) is 4.60. The van der Waals surface area contributed by atoms with Gasteiger partial charge in [0.05, 0.1) is 0 Å². The lowest BCUT2D eigenvalue weighted by atomic mass is 10.1. The second kappa shape index (κ2) is 5.51. The fourth-order valence-corrected chi connectivity index (χ4v) is 1.67. The fourth-order valence-electron chi connectivity index (χ4n) is 1.18. The first-order chi connectivity index (χ1) is 6.25. The number of unbranched alkanes of at least 4 members (excludes halogenated alkanes) is 1. The standard InChI is InChI=1S/C10H12ClFS/c11-9-5-3-6-10(12)8(9)4-1-2-7-13/h3,5-6,13H,1-2,4,7H2. The summed E-state index contributed by atoms with van der Waals surface area (Å²) < 4.78 is 13.2. The van der Waals surface area contributed by atoms with Crippen LogP contribution in [0, 0.1) is 5.82 Å². The molecule has 1 rings (SSSR count). The molecule has 13 heavy (non-hydrogen) atoms. The molecular weight excluding hydrogens is 207 g/mol. The van der Waals surface area contributed by atoms with E-state index >= 15 is 0 Å². The van der Waals surface area contributed by atoms with Crippen LogP contribution in [-0.2, 0) is 6.42 Å². The summed E-state index contributed by atoms with van der Waals surface area (Å²) in [5, 5.41) is 0.527. The van der Waals surface area contributed by atoms with Gasteiger partial charge in [-0.1, -0.05) is 17.7 Å². The van der Waals surface area contributed by atoms with Crippen LogP contribution in [0.25, 0.3) is 0 Å². The van der Waals surface area contributed by atoms with Gasteiger partial charge in [0.1, 0.15) is 5.82 Å². The summed E-state index contributed by atoms with van der Waals surface area (Å²) in [6.07, 6.45) is 2.63. The van der Waals surface area contributed by atoms with E-state index in [-0.39, 0.29) is 5.82 Å². The zero-order chi connectivity index (χ0) is 9.68. The number of benzene rings is 1. The minimum atomic E-state index is -0.202. The van der Waals surface area contributed by atoms with Crippen LogP contribution in [0.1, 0.15) is 18.4 Å². The fraction of sp³-hybridized carbons (Fsp3) is 0.400. The molecule has 0 aliphatic carbocycles. The monoisotopic (exact) mass is 218 g/mol. The van der Waals surface area contributed by atoms with Gasteiger partial charge in [0, 0.05) is 10.6 Å². The maximum Gasteiger partial charge on any atom is 0.127 e. The van der Waals surface area contributed by atoms with Crippen molar-refractivity contribution >= 4 is 24.2 Å². The van der Waals surface area contributed by atoms with Crippen LogP contribution in [0.4, 0.5) is 4.39 Å². The molecule has 1 aromatic rings. The average molecular weight is 219 g/mol. The maximum absolute atomic E-state index is 13.2. The average Bonchev–Trinajstić information content (AvgIpc) is 2.10. The van der Waals surface area contributed by atoms with Crippen molar-refractivity contribution in [3.8, 4) is 0 Å². The SMILES string of the molecule is Fc1cccc(Cl)c1CCCCS. The molecule has 0 saturated heterocycles. The molecule has 0 saturated carbocycles. The summed E-state index contributed by atoms with van der Waals surface area (Å²) in [5.41, 5.74) is 0.631. The zero-order valence-corrected chi connectivity index (χ0v) is 8.91. The molecule has 0 nitrogen and oxygen atoms in total. The number of rotatable bonds is 4. The van der Waals surface area contributed by atoms with Gasteiger partial charge in [0.15, 0.2) is 0 Å². The number of hydrogen-bond acceptors (Lipinski definition) is 1. The third kappa shape index (κ3) is 3.20. The maximum atomic E-state index is 13.2. The molecule has 0 amide bonds. The predicted molar refractivity (Wildman–Crippen MR) is 58.2 cm³/mol. The zero-order valence-electron chi connectivity index (χ0n) is 7.26. The summed E-state index contributed by atoms with van der Waals surface area (Å²) in [5.74, 6) is 0.637. The molecule has 1 aromatic carbocycles. The van der Waals surface area contributed by atoms with Gasteiger partial charge < -0.3 is 0 Å². The van der Waals surface area contributed by atoms with Gasteiger partial charge in [-0.25, -0.2) is 4.39 Å². The van der Waals surface area contributed by atoms with Crippen molar-refractivity contribution in [3.05, 3.63) is 34.6 Å². The smallest absolute Gasteiger partial charge is 0.127 e. The van der Waals surface area contributed by atoms with Crippen LogP contribution in [0.5, 0.6) is 0 Å². The Balaban J connectivity index is 2.64. The van der Waals surface area contributed by atoms with Crippen LogP contribution in [0.15, 0.2) is 18.2 Å². The summed E-state index contributed by atoms with van der Waals surface area (Å²) in [7, 11) is 0. The van der Waals surface area contributed by atoms with E-state index < -0.39 is 0 Å². The third-order valence-electron chi connectivity index (χ3n) is 1.90. The van der Waals surface area contributed by atoms with Crippen LogP contribution < -0.4 is 0 Å². The Labute approximate surface area is 88.5 Å². The van der Waals surface area contributed by atoms with Crippen molar-refractivity contribution < 1.29 is 4.39 Å². The van der Waals surface area contributed by atoms with E-state index in [0.717, 1.165) is 18.6 Å². The summed E-state index contributed by atoms with van der Waals surface area (Å²) in [6, 6.07) is 4.79. The largest absolute Gasteiger partial charge is 0.207 e. The third-order valence-corrected chi connectivity index (χ3v) is 2.57. The molecule has 0 atom stereocenters. The molecule has 3 heteroatoms. The van der Waals surface area contributed by atoms with Crippen molar-refractivity contribution in [1.29, 1.82) is 0 Å². The highest BCUT2D eigenvalue weighted by molar-refractivity contribution is 7.80. The van der Waals surface area contributed by atoms with Crippen molar-refractivity contribution in [2.45, 2.75) is 19.3 Å². The van der Waals surface area contributed by atoms with Crippen LogP contribution in [0.2, 0.25) is 5.02 Å².